The number of hydrogen-bond acceptors (Lipinski definition) is 4. The highest BCUT2D eigenvalue weighted by molar-refractivity contribution is 5.70. The van der Waals surface area contributed by atoms with E-state index in [9.17, 15) is 4.79 Å². The van der Waals surface area contributed by atoms with Gasteiger partial charge in [-0.05, 0) is 37.3 Å². The highest BCUT2D eigenvalue weighted by Gasteiger charge is 2.24. The van der Waals surface area contributed by atoms with E-state index in [1.807, 2.05) is 18.2 Å². The van der Waals surface area contributed by atoms with Crippen molar-refractivity contribution in [2.24, 2.45) is 5.92 Å². The van der Waals surface area contributed by atoms with Crippen LogP contribution in [0.1, 0.15) is 51.3 Å². The van der Waals surface area contributed by atoms with Gasteiger partial charge in [0.2, 0.25) is 0 Å². The monoisotopic (exact) mass is 277 g/mol. The minimum atomic E-state index is -0.259. The Morgan fingerprint density at radius 3 is 2.95 bits per heavy atom. The fraction of sp³-hybridized carbons (Fsp3) is 0.625. The van der Waals surface area contributed by atoms with Gasteiger partial charge in [-0.25, -0.2) is 0 Å². The van der Waals surface area contributed by atoms with Crippen LogP contribution in [0.2, 0.25) is 0 Å². The van der Waals surface area contributed by atoms with Crippen molar-refractivity contribution in [3.8, 4) is 0 Å². The second-order valence-corrected chi connectivity index (χ2v) is 5.70. The van der Waals surface area contributed by atoms with E-state index in [2.05, 4.69) is 18.8 Å². The molecular formula is C16H23NO3. The number of pyridine rings is 1. The second kappa shape index (κ2) is 7.39. The van der Waals surface area contributed by atoms with Crippen molar-refractivity contribution in [2.45, 2.75) is 51.7 Å². The summed E-state index contributed by atoms with van der Waals surface area (Å²) >= 11 is 0. The standard InChI is InChI=1S/C16H23NO3/c1-12(2)10-15(14-7-3-4-8-17-14)20-16(18)11-13-6-5-9-19-13/h3-4,7-8,12-13,15H,5-6,9-11H2,1-2H3/t13-,15-/m1/s1. The van der Waals surface area contributed by atoms with Crippen LogP contribution < -0.4 is 0 Å². The number of hydrogen-bond donors (Lipinski definition) is 0. The third kappa shape index (κ3) is 4.60. The molecule has 0 aliphatic carbocycles. The third-order valence-corrected chi connectivity index (χ3v) is 3.40. The van der Waals surface area contributed by atoms with Crippen molar-refractivity contribution in [3.63, 3.8) is 0 Å². The van der Waals surface area contributed by atoms with Gasteiger partial charge in [-0.15, -0.1) is 0 Å². The fourth-order valence-electron chi connectivity index (χ4n) is 2.42. The van der Waals surface area contributed by atoms with E-state index in [1.54, 1.807) is 6.20 Å². The first-order valence-electron chi connectivity index (χ1n) is 7.37. The van der Waals surface area contributed by atoms with Crippen molar-refractivity contribution in [2.75, 3.05) is 6.61 Å². The molecule has 0 radical (unpaired) electrons. The predicted octanol–water partition coefficient (Wildman–Crippen LogP) is 3.28. The number of esters is 1. The Hall–Kier alpha value is -1.42. The average Bonchev–Trinajstić information content (AvgIpc) is 2.91. The van der Waals surface area contributed by atoms with Crippen LogP contribution in [0.15, 0.2) is 24.4 Å². The van der Waals surface area contributed by atoms with E-state index in [-0.39, 0.29) is 18.2 Å². The molecule has 0 saturated carbocycles. The maximum absolute atomic E-state index is 12.0. The van der Waals surface area contributed by atoms with Crippen LogP contribution in [0.4, 0.5) is 0 Å². The number of carbonyl (C=O) groups is 1. The summed E-state index contributed by atoms with van der Waals surface area (Å²) in [4.78, 5) is 16.3. The fourth-order valence-corrected chi connectivity index (χ4v) is 2.42. The van der Waals surface area contributed by atoms with Gasteiger partial charge in [0.15, 0.2) is 0 Å². The molecule has 4 heteroatoms. The Morgan fingerprint density at radius 1 is 1.50 bits per heavy atom. The lowest BCUT2D eigenvalue weighted by Crippen LogP contribution is -2.19. The number of carbonyl (C=O) groups excluding carboxylic acids is 1. The number of ether oxygens (including phenoxy) is 2. The molecule has 0 N–H and O–H groups in total. The van der Waals surface area contributed by atoms with E-state index in [1.165, 1.54) is 0 Å². The molecule has 2 atom stereocenters. The first-order chi connectivity index (χ1) is 9.65. The summed E-state index contributed by atoms with van der Waals surface area (Å²) in [6.45, 7) is 4.99. The van der Waals surface area contributed by atoms with Crippen LogP contribution in [0, 0.1) is 5.92 Å². The van der Waals surface area contributed by atoms with Crippen LogP contribution in [0.3, 0.4) is 0 Å². The molecule has 1 aliphatic rings. The van der Waals surface area contributed by atoms with Crippen molar-refractivity contribution in [3.05, 3.63) is 30.1 Å². The zero-order valence-corrected chi connectivity index (χ0v) is 12.2. The maximum Gasteiger partial charge on any atom is 0.309 e. The smallest absolute Gasteiger partial charge is 0.309 e. The largest absolute Gasteiger partial charge is 0.456 e. The molecule has 4 nitrogen and oxygen atoms in total. The molecule has 20 heavy (non-hydrogen) atoms. The first kappa shape index (κ1) is 15.0. The van der Waals surface area contributed by atoms with Crippen LogP contribution in [0.5, 0.6) is 0 Å². The first-order valence-corrected chi connectivity index (χ1v) is 7.37. The van der Waals surface area contributed by atoms with Gasteiger partial charge in [0.25, 0.3) is 0 Å². The van der Waals surface area contributed by atoms with Crippen LogP contribution in [-0.4, -0.2) is 23.7 Å². The molecule has 110 valence electrons. The third-order valence-electron chi connectivity index (χ3n) is 3.40. The van der Waals surface area contributed by atoms with E-state index in [0.717, 1.165) is 31.6 Å². The summed E-state index contributed by atoms with van der Waals surface area (Å²) < 4.78 is 11.1. The number of aromatic nitrogens is 1. The van der Waals surface area contributed by atoms with Gasteiger partial charge >= 0.3 is 5.97 Å². The zero-order chi connectivity index (χ0) is 14.4. The Balaban J connectivity index is 1.94. The summed E-state index contributed by atoms with van der Waals surface area (Å²) in [5.41, 5.74) is 0.821. The van der Waals surface area contributed by atoms with E-state index in [4.69, 9.17) is 9.47 Å². The van der Waals surface area contributed by atoms with Crippen molar-refractivity contribution >= 4 is 5.97 Å². The van der Waals surface area contributed by atoms with Crippen LogP contribution in [0.25, 0.3) is 0 Å². The highest BCUT2D eigenvalue weighted by atomic mass is 16.5. The Morgan fingerprint density at radius 2 is 2.35 bits per heavy atom. The summed E-state index contributed by atoms with van der Waals surface area (Å²) in [5.74, 6) is 0.255. The Kier molecular flexibility index (Phi) is 5.53. The van der Waals surface area contributed by atoms with Gasteiger partial charge < -0.3 is 9.47 Å². The Labute approximate surface area is 120 Å². The van der Waals surface area contributed by atoms with Crippen LogP contribution >= 0.6 is 0 Å². The van der Waals surface area contributed by atoms with E-state index < -0.39 is 0 Å². The maximum atomic E-state index is 12.0. The SMILES string of the molecule is CC(C)C[C@@H](OC(=O)C[C@H]1CCCO1)c1ccccn1. The molecule has 1 aromatic heterocycles. The van der Waals surface area contributed by atoms with Crippen LogP contribution in [-0.2, 0) is 14.3 Å². The lowest BCUT2D eigenvalue weighted by Gasteiger charge is -2.20. The number of nitrogens with zero attached hydrogens (tertiary/aromatic N) is 1. The lowest BCUT2D eigenvalue weighted by molar-refractivity contribution is -0.153. The molecular weight excluding hydrogens is 254 g/mol. The van der Waals surface area contributed by atoms with Gasteiger partial charge in [-0.1, -0.05) is 19.9 Å². The van der Waals surface area contributed by atoms with Gasteiger partial charge in [0.1, 0.15) is 6.10 Å². The van der Waals surface area contributed by atoms with Crippen molar-refractivity contribution in [1.29, 1.82) is 0 Å². The minimum Gasteiger partial charge on any atom is -0.456 e. The van der Waals surface area contributed by atoms with Crippen molar-refractivity contribution in [1.82, 2.24) is 4.98 Å². The normalized spacial score (nSPS) is 20.1. The molecule has 1 saturated heterocycles. The minimum absolute atomic E-state index is 0.0333. The molecule has 0 aromatic carbocycles. The van der Waals surface area contributed by atoms with Gasteiger partial charge in [0, 0.05) is 12.8 Å². The summed E-state index contributed by atoms with van der Waals surface area (Å²) in [6, 6.07) is 5.69. The van der Waals surface area contributed by atoms with E-state index in [0.29, 0.717) is 12.3 Å². The zero-order valence-electron chi connectivity index (χ0n) is 12.2. The molecule has 0 bridgehead atoms. The molecule has 0 amide bonds. The lowest BCUT2D eigenvalue weighted by atomic mass is 10.0. The molecule has 1 aliphatic heterocycles. The predicted molar refractivity (Wildman–Crippen MR) is 76.1 cm³/mol. The number of rotatable bonds is 6. The van der Waals surface area contributed by atoms with Gasteiger partial charge in [-0.3, -0.25) is 9.78 Å². The van der Waals surface area contributed by atoms with Gasteiger partial charge in [-0.2, -0.15) is 0 Å². The Bertz CT molecular complexity index is 413. The summed E-state index contributed by atoms with van der Waals surface area (Å²) in [7, 11) is 0. The molecule has 1 aromatic rings. The highest BCUT2D eigenvalue weighted by Crippen LogP contribution is 2.25. The van der Waals surface area contributed by atoms with E-state index >= 15 is 0 Å². The quantitative estimate of drug-likeness (QED) is 0.749. The van der Waals surface area contributed by atoms with Gasteiger partial charge in [0.05, 0.1) is 18.2 Å². The molecule has 1 fully saturated rings. The topological polar surface area (TPSA) is 48.4 Å². The average molecular weight is 277 g/mol. The second-order valence-electron chi connectivity index (χ2n) is 5.70. The summed E-state index contributed by atoms with van der Waals surface area (Å²) in [6.07, 6.45) is 4.63. The van der Waals surface area contributed by atoms with Crippen molar-refractivity contribution < 1.29 is 14.3 Å². The molecule has 0 spiro atoms. The summed E-state index contributed by atoms with van der Waals surface area (Å²) in [5, 5.41) is 0. The molecule has 0 unspecified atom stereocenters. The molecule has 2 rings (SSSR count). The molecule has 2 heterocycles.